The van der Waals surface area contributed by atoms with Crippen molar-refractivity contribution in [1.82, 2.24) is 0 Å². The van der Waals surface area contributed by atoms with E-state index in [1.54, 1.807) is 0 Å². The standard InChI is InChI=1S/C15H23NO2/c1-4-15(18)13-8-5-6-9-14(13)16(12(2)3)10-7-11-17/h5-6,8-9,12,17H,4,7,10-11H2,1-3H3. The summed E-state index contributed by atoms with van der Waals surface area (Å²) in [4.78, 5) is 14.1. The summed E-state index contributed by atoms with van der Waals surface area (Å²) in [5, 5.41) is 8.97. The lowest BCUT2D eigenvalue weighted by molar-refractivity contribution is 0.0988. The molecule has 0 fully saturated rings. The number of aliphatic hydroxyl groups excluding tert-OH is 1. The molecule has 0 atom stereocenters. The number of carbonyl (C=O) groups is 1. The molecule has 0 aromatic heterocycles. The third-order valence-corrected chi connectivity index (χ3v) is 3.02. The van der Waals surface area contributed by atoms with Gasteiger partial charge in [-0.25, -0.2) is 0 Å². The molecule has 0 unspecified atom stereocenters. The Morgan fingerprint density at radius 2 is 2.00 bits per heavy atom. The van der Waals surface area contributed by atoms with Gasteiger partial charge in [-0.3, -0.25) is 4.79 Å². The zero-order chi connectivity index (χ0) is 13.5. The molecule has 100 valence electrons. The molecule has 1 aromatic rings. The van der Waals surface area contributed by atoms with Crippen molar-refractivity contribution >= 4 is 11.5 Å². The van der Waals surface area contributed by atoms with Gasteiger partial charge in [0.2, 0.25) is 0 Å². The lowest BCUT2D eigenvalue weighted by atomic mass is 10.0. The summed E-state index contributed by atoms with van der Waals surface area (Å²) in [7, 11) is 0. The third-order valence-electron chi connectivity index (χ3n) is 3.02. The number of Topliss-reactive ketones (excluding diaryl/α,β-unsaturated/α-hetero) is 1. The first kappa shape index (κ1) is 14.7. The number of hydrogen-bond acceptors (Lipinski definition) is 3. The molecule has 3 nitrogen and oxygen atoms in total. The highest BCUT2D eigenvalue weighted by atomic mass is 16.3. The van der Waals surface area contributed by atoms with E-state index in [0.717, 1.165) is 17.8 Å². The summed E-state index contributed by atoms with van der Waals surface area (Å²) in [6.07, 6.45) is 1.23. The summed E-state index contributed by atoms with van der Waals surface area (Å²) in [5.74, 6) is 0.167. The van der Waals surface area contributed by atoms with E-state index in [4.69, 9.17) is 5.11 Å². The molecule has 0 aliphatic rings. The van der Waals surface area contributed by atoms with Crippen molar-refractivity contribution in [1.29, 1.82) is 0 Å². The quantitative estimate of drug-likeness (QED) is 0.755. The molecule has 0 saturated heterocycles. The van der Waals surface area contributed by atoms with Gasteiger partial charge in [-0.2, -0.15) is 0 Å². The minimum atomic E-state index is 0.167. The first-order valence-electron chi connectivity index (χ1n) is 6.61. The topological polar surface area (TPSA) is 40.5 Å². The molecule has 0 heterocycles. The first-order valence-corrected chi connectivity index (χ1v) is 6.61. The second-order valence-electron chi connectivity index (χ2n) is 4.66. The van der Waals surface area contributed by atoms with E-state index in [1.807, 2.05) is 31.2 Å². The molecule has 0 bridgehead atoms. The van der Waals surface area contributed by atoms with Crippen molar-refractivity contribution in [3.05, 3.63) is 29.8 Å². The molecular weight excluding hydrogens is 226 g/mol. The normalized spacial score (nSPS) is 10.7. The smallest absolute Gasteiger partial charge is 0.164 e. The highest BCUT2D eigenvalue weighted by Crippen LogP contribution is 2.24. The number of hydrogen-bond donors (Lipinski definition) is 1. The van der Waals surface area contributed by atoms with Crippen LogP contribution in [0.15, 0.2) is 24.3 Å². The van der Waals surface area contributed by atoms with Crippen molar-refractivity contribution in [3.63, 3.8) is 0 Å². The van der Waals surface area contributed by atoms with Crippen molar-refractivity contribution in [3.8, 4) is 0 Å². The number of aliphatic hydroxyl groups is 1. The highest BCUT2D eigenvalue weighted by Gasteiger charge is 2.16. The van der Waals surface area contributed by atoms with Crippen molar-refractivity contribution in [2.24, 2.45) is 0 Å². The lowest BCUT2D eigenvalue weighted by Gasteiger charge is -2.30. The summed E-state index contributed by atoms with van der Waals surface area (Å²) >= 11 is 0. The molecular formula is C15H23NO2. The number of anilines is 1. The van der Waals surface area contributed by atoms with Crippen LogP contribution in [0.4, 0.5) is 5.69 Å². The Morgan fingerprint density at radius 1 is 1.33 bits per heavy atom. The van der Waals surface area contributed by atoms with Gasteiger partial charge in [-0.1, -0.05) is 19.1 Å². The van der Waals surface area contributed by atoms with E-state index in [9.17, 15) is 4.79 Å². The minimum Gasteiger partial charge on any atom is -0.396 e. The van der Waals surface area contributed by atoms with E-state index >= 15 is 0 Å². The molecule has 1 aromatic carbocycles. The maximum absolute atomic E-state index is 12.0. The van der Waals surface area contributed by atoms with Crippen LogP contribution in [0, 0.1) is 0 Å². The predicted octanol–water partition coefficient (Wildman–Crippen LogP) is 2.88. The molecule has 0 amide bonds. The molecule has 0 saturated carbocycles. The number of nitrogens with zero attached hydrogens (tertiary/aromatic N) is 1. The van der Waals surface area contributed by atoms with Gasteiger partial charge in [0.1, 0.15) is 0 Å². The van der Waals surface area contributed by atoms with Crippen LogP contribution in [0.5, 0.6) is 0 Å². The average molecular weight is 249 g/mol. The van der Waals surface area contributed by atoms with E-state index in [0.29, 0.717) is 18.9 Å². The number of carbonyl (C=O) groups excluding carboxylic acids is 1. The van der Waals surface area contributed by atoms with Gasteiger partial charge >= 0.3 is 0 Å². The van der Waals surface area contributed by atoms with Crippen molar-refractivity contribution in [2.45, 2.75) is 39.7 Å². The number of rotatable bonds is 7. The highest BCUT2D eigenvalue weighted by molar-refractivity contribution is 6.01. The fraction of sp³-hybridized carbons (Fsp3) is 0.533. The Labute approximate surface area is 109 Å². The average Bonchev–Trinajstić information content (AvgIpc) is 2.38. The van der Waals surface area contributed by atoms with E-state index in [1.165, 1.54) is 0 Å². The molecule has 1 rings (SSSR count). The predicted molar refractivity (Wildman–Crippen MR) is 75.2 cm³/mol. The van der Waals surface area contributed by atoms with Crippen LogP contribution in [-0.2, 0) is 0 Å². The van der Waals surface area contributed by atoms with Crippen LogP contribution >= 0.6 is 0 Å². The SMILES string of the molecule is CCC(=O)c1ccccc1N(CCCO)C(C)C. The second kappa shape index (κ2) is 7.17. The van der Waals surface area contributed by atoms with Crippen LogP contribution in [0.2, 0.25) is 0 Å². The van der Waals surface area contributed by atoms with Crippen LogP contribution in [-0.4, -0.2) is 30.1 Å². The van der Waals surface area contributed by atoms with Crippen LogP contribution in [0.3, 0.4) is 0 Å². The molecule has 0 radical (unpaired) electrons. The van der Waals surface area contributed by atoms with Gasteiger partial charge in [-0.05, 0) is 32.4 Å². The van der Waals surface area contributed by atoms with Crippen LogP contribution < -0.4 is 4.90 Å². The third kappa shape index (κ3) is 3.57. The lowest BCUT2D eigenvalue weighted by Crippen LogP contribution is -2.33. The van der Waals surface area contributed by atoms with Crippen LogP contribution in [0.1, 0.15) is 44.0 Å². The summed E-state index contributed by atoms with van der Waals surface area (Å²) < 4.78 is 0. The van der Waals surface area contributed by atoms with Gasteiger partial charge in [0.05, 0.1) is 0 Å². The van der Waals surface area contributed by atoms with Gasteiger partial charge in [-0.15, -0.1) is 0 Å². The Balaban J connectivity index is 3.07. The maximum Gasteiger partial charge on any atom is 0.164 e. The monoisotopic (exact) mass is 249 g/mol. The van der Waals surface area contributed by atoms with Crippen LogP contribution in [0.25, 0.3) is 0 Å². The first-order chi connectivity index (χ1) is 8.61. The van der Waals surface area contributed by atoms with Gasteiger partial charge < -0.3 is 10.0 Å². The van der Waals surface area contributed by atoms with Crippen molar-refractivity contribution < 1.29 is 9.90 Å². The van der Waals surface area contributed by atoms with Gasteiger partial charge in [0.25, 0.3) is 0 Å². The minimum absolute atomic E-state index is 0.167. The largest absolute Gasteiger partial charge is 0.396 e. The maximum atomic E-state index is 12.0. The molecule has 0 spiro atoms. The van der Waals surface area contributed by atoms with E-state index < -0.39 is 0 Å². The number of benzene rings is 1. The molecule has 3 heteroatoms. The Morgan fingerprint density at radius 3 is 2.56 bits per heavy atom. The Bertz CT molecular complexity index is 388. The van der Waals surface area contributed by atoms with Crippen molar-refractivity contribution in [2.75, 3.05) is 18.1 Å². The van der Waals surface area contributed by atoms with E-state index in [2.05, 4.69) is 18.7 Å². The fourth-order valence-corrected chi connectivity index (χ4v) is 2.05. The van der Waals surface area contributed by atoms with Gasteiger partial charge in [0, 0.05) is 36.9 Å². The van der Waals surface area contributed by atoms with Gasteiger partial charge in [0.15, 0.2) is 5.78 Å². The molecule has 18 heavy (non-hydrogen) atoms. The fourth-order valence-electron chi connectivity index (χ4n) is 2.05. The summed E-state index contributed by atoms with van der Waals surface area (Å²) in [6.45, 7) is 7.02. The zero-order valence-corrected chi connectivity index (χ0v) is 11.5. The summed E-state index contributed by atoms with van der Waals surface area (Å²) in [5.41, 5.74) is 1.76. The Kier molecular flexibility index (Phi) is 5.86. The second-order valence-corrected chi connectivity index (χ2v) is 4.66. The summed E-state index contributed by atoms with van der Waals surface area (Å²) in [6, 6.07) is 8.03. The van der Waals surface area contributed by atoms with E-state index in [-0.39, 0.29) is 12.4 Å². The number of para-hydroxylation sites is 1. The molecule has 0 aliphatic heterocycles. The number of ketones is 1. The zero-order valence-electron chi connectivity index (χ0n) is 11.5. The molecule has 0 aliphatic carbocycles. The molecule has 1 N–H and O–H groups in total. The Hall–Kier alpha value is -1.35.